The van der Waals surface area contributed by atoms with Gasteiger partial charge in [0.05, 0.1) is 12.0 Å². The second-order valence-electron chi connectivity index (χ2n) is 6.78. The lowest BCUT2D eigenvalue weighted by atomic mass is 10.0. The van der Waals surface area contributed by atoms with Crippen LogP contribution in [-0.2, 0) is 11.2 Å². The van der Waals surface area contributed by atoms with Gasteiger partial charge in [0, 0.05) is 25.6 Å². The molecule has 0 saturated carbocycles. The lowest BCUT2D eigenvalue weighted by Gasteiger charge is -2.33. The number of allylic oxidation sites excluding steroid dienone is 1. The number of aromatic amines is 1. The molecular weight excluding hydrogens is 403 g/mol. The van der Waals surface area contributed by atoms with Crippen LogP contribution in [0, 0.1) is 17.1 Å². The van der Waals surface area contributed by atoms with E-state index in [-0.39, 0.29) is 30.0 Å². The zero-order valence-electron chi connectivity index (χ0n) is 15.5. The molecule has 1 aliphatic heterocycles. The molecule has 1 aliphatic rings. The molecule has 3 heterocycles. The zero-order chi connectivity index (χ0) is 21.6. The minimum Gasteiger partial charge on any atom is -0.502 e. The van der Waals surface area contributed by atoms with Gasteiger partial charge in [-0.3, -0.25) is 4.79 Å². The number of halogens is 3. The first kappa shape index (κ1) is 19.5. The number of benzene rings is 1. The predicted molar refractivity (Wildman–Crippen MR) is 95.7 cm³/mol. The largest absolute Gasteiger partial charge is 0.502 e. The number of aliphatic hydroxyl groups is 1. The first-order chi connectivity index (χ1) is 14.2. The topological polar surface area (TPSA) is 119 Å². The third-order valence-corrected chi connectivity index (χ3v) is 4.80. The van der Waals surface area contributed by atoms with E-state index in [0.29, 0.717) is 18.3 Å². The lowest BCUT2D eigenvalue weighted by molar-refractivity contribution is -0.132. The second kappa shape index (κ2) is 6.91. The van der Waals surface area contributed by atoms with Crippen LogP contribution in [0.5, 0.6) is 0 Å². The summed E-state index contributed by atoms with van der Waals surface area (Å²) in [5.74, 6) is -7.06. The molecule has 0 spiro atoms. The zero-order valence-corrected chi connectivity index (χ0v) is 15.5. The number of nitrogens with zero attached hydrogens (tertiary/aromatic N) is 4. The molecule has 154 valence electrons. The van der Waals surface area contributed by atoms with E-state index in [4.69, 9.17) is 9.68 Å². The molecule has 2 N–H and O–H groups in total. The highest BCUT2D eigenvalue weighted by atomic mass is 19.3. The summed E-state index contributed by atoms with van der Waals surface area (Å²) in [7, 11) is 0. The Hall–Kier alpha value is -3.81. The SMILES string of the molecule is CC(F)(F)/C(C#N)=C(/O)C(=O)N1CCc2[nH]cnc2C1c1nc2c(F)cccc2o1. The molecule has 1 aromatic carbocycles. The number of carbonyl (C=O) groups excluding carboxylic acids is 1. The van der Waals surface area contributed by atoms with E-state index in [1.54, 1.807) is 0 Å². The van der Waals surface area contributed by atoms with Crippen molar-refractivity contribution < 1.29 is 27.5 Å². The van der Waals surface area contributed by atoms with E-state index in [1.165, 1.54) is 30.6 Å². The Kier molecular flexibility index (Phi) is 4.49. The Labute approximate surface area is 167 Å². The molecule has 0 bridgehead atoms. The van der Waals surface area contributed by atoms with Crippen molar-refractivity contribution >= 4 is 17.0 Å². The van der Waals surface area contributed by atoms with Crippen LogP contribution in [0.2, 0.25) is 0 Å². The van der Waals surface area contributed by atoms with Crippen LogP contribution >= 0.6 is 0 Å². The predicted octanol–water partition coefficient (Wildman–Crippen LogP) is 3.15. The molecule has 3 aromatic rings. The fourth-order valence-corrected chi connectivity index (χ4v) is 3.40. The second-order valence-corrected chi connectivity index (χ2v) is 6.78. The molecule has 2 aromatic heterocycles. The van der Waals surface area contributed by atoms with Gasteiger partial charge in [0.1, 0.15) is 17.2 Å². The average molecular weight is 417 g/mol. The van der Waals surface area contributed by atoms with Gasteiger partial charge in [-0.15, -0.1) is 0 Å². The van der Waals surface area contributed by atoms with Crippen molar-refractivity contribution in [2.75, 3.05) is 6.54 Å². The number of aliphatic hydroxyl groups excluding tert-OH is 1. The Bertz CT molecular complexity index is 1220. The van der Waals surface area contributed by atoms with E-state index in [9.17, 15) is 23.1 Å². The minimum atomic E-state index is -3.72. The van der Waals surface area contributed by atoms with Crippen LogP contribution in [0.1, 0.15) is 30.2 Å². The fraction of sp³-hybridized carbons (Fsp3) is 0.263. The highest BCUT2D eigenvalue weighted by molar-refractivity contribution is 5.93. The third-order valence-electron chi connectivity index (χ3n) is 4.80. The Morgan fingerprint density at radius 1 is 1.47 bits per heavy atom. The number of oxazole rings is 1. The van der Waals surface area contributed by atoms with Crippen LogP contribution < -0.4 is 0 Å². The van der Waals surface area contributed by atoms with Gasteiger partial charge in [-0.1, -0.05) is 6.07 Å². The Morgan fingerprint density at radius 2 is 2.23 bits per heavy atom. The monoisotopic (exact) mass is 417 g/mol. The summed E-state index contributed by atoms with van der Waals surface area (Å²) in [4.78, 5) is 25.1. The van der Waals surface area contributed by atoms with Gasteiger partial charge >= 0.3 is 0 Å². The molecule has 0 fully saturated rings. The summed E-state index contributed by atoms with van der Waals surface area (Å²) in [5, 5.41) is 19.2. The maximum Gasteiger partial charge on any atom is 0.291 e. The average Bonchev–Trinajstić information content (AvgIpc) is 3.33. The summed E-state index contributed by atoms with van der Waals surface area (Å²) in [6, 6.07) is 4.16. The van der Waals surface area contributed by atoms with E-state index >= 15 is 0 Å². The lowest BCUT2D eigenvalue weighted by Crippen LogP contribution is -2.42. The molecule has 1 amide bonds. The van der Waals surface area contributed by atoms with Crippen molar-refractivity contribution in [2.45, 2.75) is 25.3 Å². The number of aromatic nitrogens is 3. The number of H-pyrrole nitrogens is 1. The molecule has 11 heteroatoms. The van der Waals surface area contributed by atoms with Gasteiger partial charge in [0.25, 0.3) is 11.8 Å². The van der Waals surface area contributed by atoms with Gasteiger partial charge < -0.3 is 19.4 Å². The molecule has 1 unspecified atom stereocenters. The molecule has 0 radical (unpaired) electrons. The number of para-hydroxylation sites is 1. The Balaban J connectivity index is 1.85. The van der Waals surface area contributed by atoms with Gasteiger partial charge in [0.2, 0.25) is 11.6 Å². The van der Waals surface area contributed by atoms with Gasteiger partial charge in [-0.2, -0.15) is 5.26 Å². The van der Waals surface area contributed by atoms with Crippen LogP contribution in [0.15, 0.2) is 40.3 Å². The van der Waals surface area contributed by atoms with Crippen LogP contribution in [0.3, 0.4) is 0 Å². The summed E-state index contributed by atoms with van der Waals surface area (Å²) in [5.41, 5.74) is -0.340. The first-order valence-electron chi connectivity index (χ1n) is 8.82. The number of hydrogen-bond acceptors (Lipinski definition) is 6. The normalized spacial score (nSPS) is 17.4. The molecule has 30 heavy (non-hydrogen) atoms. The van der Waals surface area contributed by atoms with E-state index in [2.05, 4.69) is 15.0 Å². The van der Waals surface area contributed by atoms with Crippen molar-refractivity contribution in [2.24, 2.45) is 0 Å². The van der Waals surface area contributed by atoms with E-state index < -0.39 is 35.0 Å². The maximum atomic E-state index is 14.1. The van der Waals surface area contributed by atoms with Crippen LogP contribution in [-0.4, -0.2) is 43.3 Å². The quantitative estimate of drug-likeness (QED) is 0.384. The van der Waals surface area contributed by atoms with Crippen LogP contribution in [0.4, 0.5) is 13.2 Å². The number of hydrogen-bond donors (Lipinski definition) is 2. The fourth-order valence-electron chi connectivity index (χ4n) is 3.40. The molecule has 0 aliphatic carbocycles. The van der Waals surface area contributed by atoms with Crippen molar-refractivity contribution in [3.63, 3.8) is 0 Å². The number of carbonyl (C=O) groups is 1. The minimum absolute atomic E-state index is 0.0159. The van der Waals surface area contributed by atoms with Crippen molar-refractivity contribution in [3.05, 3.63) is 59.0 Å². The van der Waals surface area contributed by atoms with Gasteiger partial charge in [-0.05, 0) is 12.1 Å². The van der Waals surface area contributed by atoms with Crippen LogP contribution in [0.25, 0.3) is 11.1 Å². The highest BCUT2D eigenvalue weighted by Gasteiger charge is 2.41. The highest BCUT2D eigenvalue weighted by Crippen LogP contribution is 2.36. The number of rotatable bonds is 3. The number of amides is 1. The van der Waals surface area contributed by atoms with E-state index in [0.717, 1.165) is 4.90 Å². The summed E-state index contributed by atoms with van der Waals surface area (Å²) in [6.07, 6.45) is 1.66. The summed E-state index contributed by atoms with van der Waals surface area (Å²) in [6.45, 7) is 0.385. The van der Waals surface area contributed by atoms with E-state index in [1.807, 2.05) is 0 Å². The number of nitrogens with one attached hydrogen (secondary N) is 1. The molecule has 4 rings (SSSR count). The Morgan fingerprint density at radius 3 is 2.90 bits per heavy atom. The standard InChI is InChI=1S/C19H14F3N5O3/c1-19(21,22)9(7-23)16(28)18(29)27-6-5-11-14(25-8-24-11)15(27)17-26-13-10(20)3-2-4-12(13)30-17/h2-4,8,15,28H,5-6H2,1H3,(H,24,25)/b16-9+. The van der Waals surface area contributed by atoms with Crippen molar-refractivity contribution in [3.8, 4) is 6.07 Å². The molecule has 0 saturated heterocycles. The number of imidazole rings is 1. The van der Waals surface area contributed by atoms with Crippen molar-refractivity contribution in [1.29, 1.82) is 5.26 Å². The third kappa shape index (κ3) is 3.06. The summed E-state index contributed by atoms with van der Waals surface area (Å²) < 4.78 is 47.0. The smallest absolute Gasteiger partial charge is 0.291 e. The number of fused-ring (bicyclic) bond motifs is 2. The number of nitriles is 1. The van der Waals surface area contributed by atoms with Gasteiger partial charge in [0.15, 0.2) is 17.4 Å². The molecule has 1 atom stereocenters. The van der Waals surface area contributed by atoms with Gasteiger partial charge in [-0.25, -0.2) is 23.1 Å². The summed E-state index contributed by atoms with van der Waals surface area (Å²) >= 11 is 0. The first-order valence-corrected chi connectivity index (χ1v) is 8.82. The number of alkyl halides is 2. The maximum absolute atomic E-state index is 14.1. The molecular formula is C19H14F3N5O3. The molecule has 8 nitrogen and oxygen atoms in total. The van der Waals surface area contributed by atoms with Crippen molar-refractivity contribution in [1.82, 2.24) is 19.9 Å².